The van der Waals surface area contributed by atoms with Crippen LogP contribution in [0, 0.1) is 69.2 Å². The smallest absolute Gasteiger partial charge is 0.163 e. The molecule has 0 N–H and O–H groups in total. The Morgan fingerprint density at radius 2 is 0.575 bits per heavy atom. The molecule has 5 aromatic rings. The number of aromatic nitrogens is 10. The molecule has 10 heteroatoms. The van der Waals surface area contributed by atoms with Crippen molar-refractivity contribution in [3.8, 4) is 45.6 Å². The summed E-state index contributed by atoms with van der Waals surface area (Å²) in [5, 5.41) is 0. The second-order valence-corrected chi connectivity index (χ2v) is 10.2. The van der Waals surface area contributed by atoms with Crippen LogP contribution in [0.2, 0.25) is 0 Å². The molecule has 40 heavy (non-hydrogen) atoms. The van der Waals surface area contributed by atoms with Gasteiger partial charge in [-0.25, -0.2) is 49.8 Å². The molecule has 10 nitrogen and oxygen atoms in total. The average Bonchev–Trinajstić information content (AvgIpc) is 2.82. The van der Waals surface area contributed by atoms with Crippen molar-refractivity contribution in [1.29, 1.82) is 0 Å². The van der Waals surface area contributed by atoms with Crippen molar-refractivity contribution in [3.05, 3.63) is 69.3 Å². The minimum absolute atomic E-state index is 0.576. The van der Waals surface area contributed by atoms with Gasteiger partial charge < -0.3 is 0 Å². The molecule has 0 atom stereocenters. The van der Waals surface area contributed by atoms with Crippen molar-refractivity contribution in [3.63, 3.8) is 0 Å². The van der Waals surface area contributed by atoms with Gasteiger partial charge in [-0.1, -0.05) is 0 Å². The Bertz CT molecular complexity index is 1700. The summed E-state index contributed by atoms with van der Waals surface area (Å²) in [7, 11) is 0. The lowest BCUT2D eigenvalue weighted by molar-refractivity contribution is 0.981. The van der Waals surface area contributed by atoms with Gasteiger partial charge in [0, 0.05) is 11.4 Å². The second kappa shape index (κ2) is 10.2. The summed E-state index contributed by atoms with van der Waals surface area (Å²) in [6.07, 6.45) is 1.56. The Kier molecular flexibility index (Phi) is 6.87. The number of rotatable bonds is 4. The number of nitrogens with zero attached hydrogens (tertiary/aromatic N) is 10. The highest BCUT2D eigenvalue weighted by Crippen LogP contribution is 2.32. The summed E-state index contributed by atoms with van der Waals surface area (Å²) in [5.41, 5.74) is 11.6. The van der Waals surface area contributed by atoms with Crippen molar-refractivity contribution >= 4 is 0 Å². The molecule has 0 amide bonds. The molecule has 0 saturated carbocycles. The van der Waals surface area contributed by atoms with Gasteiger partial charge in [0.2, 0.25) is 0 Å². The van der Waals surface area contributed by atoms with Crippen LogP contribution in [0.5, 0.6) is 0 Å². The van der Waals surface area contributed by atoms with Crippen LogP contribution in [-0.2, 0) is 0 Å². The fourth-order valence-corrected chi connectivity index (χ4v) is 5.21. The molecule has 0 aromatic carbocycles. The molecule has 0 aliphatic rings. The predicted octanol–water partition coefficient (Wildman–Crippen LogP) is 5.39. The first-order valence-electron chi connectivity index (χ1n) is 13.1. The highest BCUT2D eigenvalue weighted by Gasteiger charge is 2.22. The van der Waals surface area contributed by atoms with E-state index in [4.69, 9.17) is 29.9 Å². The maximum absolute atomic E-state index is 4.88. The van der Waals surface area contributed by atoms with Crippen molar-refractivity contribution in [2.24, 2.45) is 0 Å². The van der Waals surface area contributed by atoms with Gasteiger partial charge in [0.15, 0.2) is 23.3 Å². The van der Waals surface area contributed by atoms with E-state index in [0.29, 0.717) is 23.3 Å². The van der Waals surface area contributed by atoms with Gasteiger partial charge in [-0.15, -0.1) is 0 Å². The summed E-state index contributed by atoms with van der Waals surface area (Å²) in [6, 6.07) is 1.95. The van der Waals surface area contributed by atoms with Gasteiger partial charge in [-0.05, 0) is 75.3 Å². The first-order valence-corrected chi connectivity index (χ1v) is 13.1. The molecule has 0 aliphatic heterocycles. The molecule has 0 bridgehead atoms. The zero-order valence-electron chi connectivity index (χ0n) is 24.6. The Balaban J connectivity index is 1.58. The van der Waals surface area contributed by atoms with E-state index >= 15 is 0 Å². The molecule has 5 rings (SSSR count). The molecule has 202 valence electrons. The Morgan fingerprint density at radius 3 is 0.875 bits per heavy atom. The standard InChI is InChI=1S/C30H32N10/c1-13-11-14(2)34-27(33-13)24-17(5)37-29(38-18(24)6)26-21(9)39-30(40-22(26)10)25-19(7)35-28(36-20(25)8)23-15(3)31-12-32-16(23)4/h11-12H,1-10H3. The molecule has 0 radical (unpaired) electrons. The van der Waals surface area contributed by atoms with Crippen molar-refractivity contribution < 1.29 is 0 Å². The van der Waals surface area contributed by atoms with E-state index in [0.717, 1.165) is 79.2 Å². The summed E-state index contributed by atoms with van der Waals surface area (Å²) in [6.45, 7) is 19.5. The molecule has 0 spiro atoms. The summed E-state index contributed by atoms with van der Waals surface area (Å²) >= 11 is 0. The second-order valence-electron chi connectivity index (χ2n) is 10.2. The van der Waals surface area contributed by atoms with E-state index < -0.39 is 0 Å². The summed E-state index contributed by atoms with van der Waals surface area (Å²) in [4.78, 5) is 47.0. The van der Waals surface area contributed by atoms with Gasteiger partial charge in [0.25, 0.3) is 0 Å². The molecule has 5 heterocycles. The molecule has 5 aromatic heterocycles. The predicted molar refractivity (Wildman–Crippen MR) is 154 cm³/mol. The van der Waals surface area contributed by atoms with Gasteiger partial charge >= 0.3 is 0 Å². The van der Waals surface area contributed by atoms with E-state index in [2.05, 4.69) is 19.9 Å². The minimum Gasteiger partial charge on any atom is -0.241 e. The Morgan fingerprint density at radius 1 is 0.325 bits per heavy atom. The van der Waals surface area contributed by atoms with Crippen LogP contribution in [-0.4, -0.2) is 49.8 Å². The average molecular weight is 533 g/mol. The topological polar surface area (TPSA) is 129 Å². The van der Waals surface area contributed by atoms with Gasteiger partial charge in [-0.2, -0.15) is 0 Å². The molecule has 0 saturated heterocycles. The fourth-order valence-electron chi connectivity index (χ4n) is 5.21. The summed E-state index contributed by atoms with van der Waals surface area (Å²) < 4.78 is 0. The van der Waals surface area contributed by atoms with Crippen molar-refractivity contribution in [1.82, 2.24) is 49.8 Å². The maximum atomic E-state index is 4.88. The third-order valence-electron chi connectivity index (χ3n) is 6.92. The van der Waals surface area contributed by atoms with Crippen LogP contribution in [0.15, 0.2) is 12.4 Å². The quantitative estimate of drug-likeness (QED) is 0.297. The van der Waals surface area contributed by atoms with Crippen LogP contribution in [0.3, 0.4) is 0 Å². The number of hydrogen-bond donors (Lipinski definition) is 0. The highest BCUT2D eigenvalue weighted by atomic mass is 15.0. The largest absolute Gasteiger partial charge is 0.241 e. The molecule has 0 aliphatic carbocycles. The molecular weight excluding hydrogens is 500 g/mol. The van der Waals surface area contributed by atoms with E-state index in [1.165, 1.54) is 0 Å². The van der Waals surface area contributed by atoms with Crippen LogP contribution < -0.4 is 0 Å². The normalized spacial score (nSPS) is 11.2. The monoisotopic (exact) mass is 532 g/mol. The highest BCUT2D eigenvalue weighted by molar-refractivity contribution is 5.71. The lowest BCUT2D eigenvalue weighted by Gasteiger charge is -2.16. The third kappa shape index (κ3) is 4.81. The third-order valence-corrected chi connectivity index (χ3v) is 6.92. The van der Waals surface area contributed by atoms with E-state index in [-0.39, 0.29) is 0 Å². The fraction of sp³-hybridized carbons (Fsp3) is 0.333. The number of hydrogen-bond acceptors (Lipinski definition) is 10. The van der Waals surface area contributed by atoms with Crippen LogP contribution >= 0.6 is 0 Å². The van der Waals surface area contributed by atoms with Crippen LogP contribution in [0.1, 0.15) is 56.9 Å². The maximum Gasteiger partial charge on any atom is 0.163 e. The van der Waals surface area contributed by atoms with E-state index in [1.54, 1.807) is 6.33 Å². The molecule has 0 fully saturated rings. The van der Waals surface area contributed by atoms with Crippen LogP contribution in [0.25, 0.3) is 45.6 Å². The van der Waals surface area contributed by atoms with Gasteiger partial charge in [0.1, 0.15) is 6.33 Å². The SMILES string of the molecule is Cc1cc(C)nc(-c2c(C)nc(-c3c(C)nc(-c4c(C)nc(-c5c(C)ncnc5C)nc4C)nc3C)nc2C)n1. The van der Waals surface area contributed by atoms with Gasteiger partial charge in [-0.3, -0.25) is 0 Å². The van der Waals surface area contributed by atoms with Crippen LogP contribution in [0.4, 0.5) is 0 Å². The minimum atomic E-state index is 0.576. The number of aryl methyl sites for hydroxylation is 10. The zero-order valence-corrected chi connectivity index (χ0v) is 24.6. The van der Waals surface area contributed by atoms with E-state index in [1.807, 2.05) is 75.3 Å². The van der Waals surface area contributed by atoms with Crippen molar-refractivity contribution in [2.45, 2.75) is 69.2 Å². The lowest BCUT2D eigenvalue weighted by atomic mass is 10.1. The Hall–Kier alpha value is -4.60. The first-order chi connectivity index (χ1) is 18.9. The van der Waals surface area contributed by atoms with Gasteiger partial charge in [0.05, 0.1) is 67.8 Å². The molecule has 0 unspecified atom stereocenters. The molecular formula is C30H32N10. The zero-order chi connectivity index (χ0) is 28.9. The van der Waals surface area contributed by atoms with E-state index in [9.17, 15) is 0 Å². The summed E-state index contributed by atoms with van der Waals surface area (Å²) in [5.74, 6) is 2.40. The lowest BCUT2D eigenvalue weighted by Crippen LogP contribution is -2.08. The Labute approximate surface area is 234 Å². The van der Waals surface area contributed by atoms with Crippen molar-refractivity contribution in [2.75, 3.05) is 0 Å². The first kappa shape index (κ1) is 27.0.